The molecule has 1 fully saturated rings. The summed E-state index contributed by atoms with van der Waals surface area (Å²) in [6.07, 6.45) is 3.75. The molecule has 1 aliphatic heterocycles. The number of allylic oxidation sites excluding steroid dienone is 3. The van der Waals surface area contributed by atoms with Crippen molar-refractivity contribution in [2.24, 2.45) is 11.0 Å². The van der Waals surface area contributed by atoms with E-state index in [0.717, 1.165) is 29.7 Å². The normalized spacial score (nSPS) is 22.2. The van der Waals surface area contributed by atoms with Crippen LogP contribution >= 0.6 is 0 Å². The second-order valence-electron chi connectivity index (χ2n) is 7.41. The first-order chi connectivity index (χ1) is 13.8. The van der Waals surface area contributed by atoms with Crippen molar-refractivity contribution in [3.8, 4) is 0 Å². The molecule has 8 heteroatoms. The summed E-state index contributed by atoms with van der Waals surface area (Å²) in [7, 11) is -3.66. The van der Waals surface area contributed by atoms with E-state index in [1.54, 1.807) is 12.1 Å². The summed E-state index contributed by atoms with van der Waals surface area (Å²) in [5.74, 6) is -0.127. The van der Waals surface area contributed by atoms with Gasteiger partial charge in [-0.1, -0.05) is 24.3 Å². The van der Waals surface area contributed by atoms with Crippen molar-refractivity contribution in [1.82, 2.24) is 9.73 Å². The van der Waals surface area contributed by atoms with Gasteiger partial charge >= 0.3 is 0 Å². The number of hydrogen-bond donors (Lipinski definition) is 1. The van der Waals surface area contributed by atoms with Gasteiger partial charge in [-0.15, -0.1) is 0 Å². The molecule has 0 radical (unpaired) electrons. The van der Waals surface area contributed by atoms with Crippen LogP contribution in [-0.4, -0.2) is 50.6 Å². The number of hydrogen-bond acceptors (Lipinski definition) is 5. The first kappa shape index (κ1) is 21.4. The number of nitrogens with zero attached hydrogens (tertiary/aromatic N) is 2. The molecule has 2 aliphatic rings. The minimum atomic E-state index is -3.66. The lowest BCUT2D eigenvalue weighted by Crippen LogP contribution is -2.40. The number of morpholine rings is 1. The molecule has 1 aromatic rings. The fraction of sp³-hybridized carbons (Fsp3) is 0.429. The minimum Gasteiger partial charge on any atom is -0.379 e. The van der Waals surface area contributed by atoms with Crippen molar-refractivity contribution < 1.29 is 17.9 Å². The third kappa shape index (κ3) is 5.01. The summed E-state index contributed by atoms with van der Waals surface area (Å²) in [5.41, 5.74) is 5.75. The summed E-state index contributed by atoms with van der Waals surface area (Å²) >= 11 is 0. The molecule has 29 heavy (non-hydrogen) atoms. The van der Waals surface area contributed by atoms with Crippen LogP contribution in [0.5, 0.6) is 0 Å². The highest BCUT2D eigenvalue weighted by atomic mass is 32.2. The average Bonchev–Trinajstić information content (AvgIpc) is 2.73. The molecule has 1 saturated heterocycles. The fourth-order valence-electron chi connectivity index (χ4n) is 3.34. The van der Waals surface area contributed by atoms with Crippen LogP contribution in [0.4, 0.5) is 0 Å². The highest BCUT2D eigenvalue weighted by Gasteiger charge is 2.27. The van der Waals surface area contributed by atoms with Crippen molar-refractivity contribution >= 4 is 21.6 Å². The molecule has 1 aliphatic carbocycles. The molecule has 0 saturated carbocycles. The van der Waals surface area contributed by atoms with Gasteiger partial charge in [0, 0.05) is 18.7 Å². The molecule has 0 aromatic heterocycles. The van der Waals surface area contributed by atoms with E-state index in [-0.39, 0.29) is 10.5 Å². The van der Waals surface area contributed by atoms with Crippen molar-refractivity contribution in [1.29, 1.82) is 0 Å². The number of benzene rings is 1. The molecule has 1 amide bonds. The molecule has 156 valence electrons. The van der Waals surface area contributed by atoms with Gasteiger partial charge in [-0.3, -0.25) is 4.79 Å². The third-order valence-corrected chi connectivity index (χ3v) is 7.19. The van der Waals surface area contributed by atoms with Gasteiger partial charge in [0.25, 0.3) is 5.91 Å². The molecule has 0 spiro atoms. The Bertz CT molecular complexity index is 960. The van der Waals surface area contributed by atoms with Crippen molar-refractivity contribution in [2.75, 3.05) is 26.3 Å². The predicted octanol–water partition coefficient (Wildman–Crippen LogP) is 2.73. The van der Waals surface area contributed by atoms with E-state index in [4.69, 9.17) is 4.74 Å². The molecule has 1 N–H and O–H groups in total. The summed E-state index contributed by atoms with van der Waals surface area (Å²) < 4.78 is 32.2. The zero-order valence-electron chi connectivity index (χ0n) is 16.8. The summed E-state index contributed by atoms with van der Waals surface area (Å²) in [4.78, 5) is 12.7. The van der Waals surface area contributed by atoms with Gasteiger partial charge < -0.3 is 4.74 Å². The summed E-state index contributed by atoms with van der Waals surface area (Å²) in [6, 6.07) is 6.03. The van der Waals surface area contributed by atoms with Crippen LogP contribution in [0.3, 0.4) is 0 Å². The smallest absolute Gasteiger partial charge is 0.271 e. The van der Waals surface area contributed by atoms with Gasteiger partial charge in [0.15, 0.2) is 0 Å². The maximum atomic E-state index is 12.8. The van der Waals surface area contributed by atoms with Crippen LogP contribution < -0.4 is 5.43 Å². The van der Waals surface area contributed by atoms with E-state index in [1.807, 2.05) is 13.8 Å². The second-order valence-corrected chi connectivity index (χ2v) is 9.35. The Morgan fingerprint density at radius 3 is 2.72 bits per heavy atom. The number of carbonyl (C=O) groups is 1. The lowest BCUT2D eigenvalue weighted by Gasteiger charge is -2.26. The van der Waals surface area contributed by atoms with Gasteiger partial charge in [0.1, 0.15) is 0 Å². The first-order valence-electron chi connectivity index (χ1n) is 9.66. The van der Waals surface area contributed by atoms with Gasteiger partial charge in [-0.05, 0) is 56.4 Å². The molecular formula is C21H27N3O4S. The van der Waals surface area contributed by atoms with E-state index in [0.29, 0.717) is 32.2 Å². The van der Waals surface area contributed by atoms with Crippen LogP contribution in [-0.2, 0) is 14.8 Å². The average molecular weight is 418 g/mol. The van der Waals surface area contributed by atoms with Gasteiger partial charge in [-0.2, -0.15) is 9.41 Å². The van der Waals surface area contributed by atoms with Crippen LogP contribution in [0, 0.1) is 5.92 Å². The monoisotopic (exact) mass is 417 g/mol. The lowest BCUT2D eigenvalue weighted by molar-refractivity contribution is 0.0730. The first-order valence-corrected chi connectivity index (χ1v) is 11.1. The van der Waals surface area contributed by atoms with Gasteiger partial charge in [0.05, 0.1) is 23.8 Å². The number of nitrogens with one attached hydrogen (secondary N) is 1. The predicted molar refractivity (Wildman–Crippen MR) is 112 cm³/mol. The quantitative estimate of drug-likeness (QED) is 0.589. The molecular weight excluding hydrogens is 390 g/mol. The summed E-state index contributed by atoms with van der Waals surface area (Å²) in [6.45, 7) is 9.33. The number of ether oxygens (including phenoxy) is 1. The Labute approximate surface area is 172 Å². The SMILES string of the molecule is C=C(C)[C@H]1CC=C(C)C(=NNC(=O)c2cccc(S(=O)(=O)N3CCOCC3)c2)C1. The molecule has 1 atom stereocenters. The van der Waals surface area contributed by atoms with E-state index in [2.05, 4.69) is 23.2 Å². The Hall–Kier alpha value is -2.29. The van der Waals surface area contributed by atoms with Crippen LogP contribution in [0.1, 0.15) is 37.0 Å². The molecule has 1 aromatic carbocycles. The zero-order valence-corrected chi connectivity index (χ0v) is 17.7. The third-order valence-electron chi connectivity index (χ3n) is 5.30. The number of carbonyl (C=O) groups excluding carboxylic acids is 1. The van der Waals surface area contributed by atoms with Crippen LogP contribution in [0.2, 0.25) is 0 Å². The van der Waals surface area contributed by atoms with Gasteiger partial charge in [-0.25, -0.2) is 13.8 Å². The Morgan fingerprint density at radius 2 is 2.03 bits per heavy atom. The van der Waals surface area contributed by atoms with Crippen molar-refractivity contribution in [3.05, 3.63) is 53.6 Å². The molecule has 0 unspecified atom stereocenters. The van der Waals surface area contributed by atoms with E-state index >= 15 is 0 Å². The second kappa shape index (κ2) is 9.02. The molecule has 0 bridgehead atoms. The zero-order chi connectivity index (χ0) is 21.0. The van der Waals surface area contributed by atoms with Crippen molar-refractivity contribution in [3.63, 3.8) is 0 Å². The lowest BCUT2D eigenvalue weighted by atomic mass is 9.85. The minimum absolute atomic E-state index is 0.0933. The number of rotatable bonds is 5. The Balaban J connectivity index is 1.75. The number of amides is 1. The summed E-state index contributed by atoms with van der Waals surface area (Å²) in [5, 5.41) is 4.29. The topological polar surface area (TPSA) is 88.1 Å². The number of hydrazone groups is 1. The number of sulfonamides is 1. The Morgan fingerprint density at radius 1 is 1.31 bits per heavy atom. The highest BCUT2D eigenvalue weighted by Crippen LogP contribution is 2.26. The molecule has 1 heterocycles. The standard InChI is InChI=1S/C21H27N3O4S/c1-15(2)17-8-7-16(3)20(14-17)22-23-21(25)18-5-4-6-19(13-18)29(26,27)24-9-11-28-12-10-24/h4-7,13,17H,1,8-12,14H2,2-3H3,(H,23,25)/t17-/m0/s1. The molecule has 7 nitrogen and oxygen atoms in total. The highest BCUT2D eigenvalue weighted by molar-refractivity contribution is 7.89. The van der Waals surface area contributed by atoms with Gasteiger partial charge in [0.2, 0.25) is 10.0 Å². The Kier molecular flexibility index (Phi) is 6.66. The maximum absolute atomic E-state index is 12.8. The van der Waals surface area contributed by atoms with Crippen LogP contribution in [0.15, 0.2) is 58.1 Å². The molecule has 3 rings (SSSR count). The van der Waals surface area contributed by atoms with E-state index < -0.39 is 15.9 Å². The fourth-order valence-corrected chi connectivity index (χ4v) is 4.79. The van der Waals surface area contributed by atoms with Crippen LogP contribution in [0.25, 0.3) is 0 Å². The largest absolute Gasteiger partial charge is 0.379 e. The van der Waals surface area contributed by atoms with Crippen molar-refractivity contribution in [2.45, 2.75) is 31.6 Å². The van der Waals surface area contributed by atoms with E-state index in [9.17, 15) is 13.2 Å². The van der Waals surface area contributed by atoms with E-state index in [1.165, 1.54) is 16.4 Å². The maximum Gasteiger partial charge on any atom is 0.271 e.